The second kappa shape index (κ2) is 6.08. The maximum Gasteiger partial charge on any atom is 0.573 e. The Hall–Kier alpha value is -3.43. The molecule has 0 unspecified atom stereocenters. The molecule has 0 aliphatic rings. The van der Waals surface area contributed by atoms with Gasteiger partial charge >= 0.3 is 6.36 Å². The van der Waals surface area contributed by atoms with Gasteiger partial charge in [0.1, 0.15) is 11.3 Å². The molecule has 10 heteroatoms. The standard InChI is InChI=1S/C17H9F5N4O/c18-10-2-1-3-12-14(10)26-7-6-23-16(26)15(25-12)24-9-4-5-13(11(19)8-9)27-17(20,21)22/h1-8H,(H,24,25). The van der Waals surface area contributed by atoms with E-state index in [1.54, 1.807) is 6.07 Å². The Labute approximate surface area is 148 Å². The zero-order chi connectivity index (χ0) is 19.2. The van der Waals surface area contributed by atoms with Gasteiger partial charge in [-0.1, -0.05) is 6.07 Å². The van der Waals surface area contributed by atoms with E-state index in [9.17, 15) is 22.0 Å². The minimum Gasteiger partial charge on any atom is -0.403 e. The van der Waals surface area contributed by atoms with Crippen LogP contribution in [0.2, 0.25) is 0 Å². The summed E-state index contributed by atoms with van der Waals surface area (Å²) in [6.45, 7) is 0. The highest BCUT2D eigenvalue weighted by Gasteiger charge is 2.32. The highest BCUT2D eigenvalue weighted by atomic mass is 19.4. The molecular formula is C17H9F5N4O. The van der Waals surface area contributed by atoms with Crippen molar-refractivity contribution in [2.75, 3.05) is 5.32 Å². The van der Waals surface area contributed by atoms with Crippen LogP contribution in [0.25, 0.3) is 16.7 Å². The van der Waals surface area contributed by atoms with Crippen LogP contribution in [0.3, 0.4) is 0 Å². The summed E-state index contributed by atoms with van der Waals surface area (Å²) < 4.78 is 69.8. The number of benzene rings is 2. The van der Waals surface area contributed by atoms with E-state index in [0.717, 1.165) is 12.1 Å². The molecule has 1 N–H and O–H groups in total. The molecule has 0 aliphatic heterocycles. The molecule has 0 bridgehead atoms. The number of anilines is 2. The number of alkyl halides is 3. The van der Waals surface area contributed by atoms with E-state index >= 15 is 0 Å². The minimum absolute atomic E-state index is 0.121. The first-order valence-electron chi connectivity index (χ1n) is 7.55. The van der Waals surface area contributed by atoms with Crippen LogP contribution < -0.4 is 10.1 Å². The van der Waals surface area contributed by atoms with Crippen molar-refractivity contribution >= 4 is 28.2 Å². The first-order chi connectivity index (χ1) is 12.8. The maximum absolute atomic E-state index is 14.1. The molecule has 2 heterocycles. The fourth-order valence-electron chi connectivity index (χ4n) is 2.67. The van der Waals surface area contributed by atoms with E-state index in [1.165, 1.54) is 35.0 Å². The van der Waals surface area contributed by atoms with Crippen LogP contribution in [0.15, 0.2) is 48.8 Å². The number of nitrogens with one attached hydrogen (secondary N) is 1. The lowest BCUT2D eigenvalue weighted by molar-refractivity contribution is -0.275. The lowest BCUT2D eigenvalue weighted by Gasteiger charge is -2.12. The topological polar surface area (TPSA) is 51.5 Å². The molecule has 138 valence electrons. The Morgan fingerprint density at radius 2 is 1.85 bits per heavy atom. The molecule has 2 aromatic carbocycles. The van der Waals surface area contributed by atoms with Crippen molar-refractivity contribution in [3.63, 3.8) is 0 Å². The number of fused-ring (bicyclic) bond motifs is 3. The second-order valence-corrected chi connectivity index (χ2v) is 5.51. The van der Waals surface area contributed by atoms with Gasteiger partial charge in [-0.3, -0.25) is 4.40 Å². The molecule has 0 saturated heterocycles. The molecule has 0 saturated carbocycles. The van der Waals surface area contributed by atoms with E-state index in [1.807, 2.05) is 0 Å². The van der Waals surface area contributed by atoms with Crippen molar-refractivity contribution in [1.82, 2.24) is 14.4 Å². The molecule has 2 aromatic heterocycles. The van der Waals surface area contributed by atoms with Crippen LogP contribution in [-0.2, 0) is 0 Å². The molecule has 0 atom stereocenters. The monoisotopic (exact) mass is 380 g/mol. The van der Waals surface area contributed by atoms with Crippen molar-refractivity contribution < 1.29 is 26.7 Å². The third kappa shape index (κ3) is 3.21. The largest absolute Gasteiger partial charge is 0.573 e. The first kappa shape index (κ1) is 17.0. The van der Waals surface area contributed by atoms with Crippen LogP contribution in [0, 0.1) is 11.6 Å². The van der Waals surface area contributed by atoms with E-state index < -0.39 is 23.7 Å². The molecule has 0 spiro atoms. The molecule has 0 radical (unpaired) electrons. The van der Waals surface area contributed by atoms with Crippen molar-refractivity contribution in [2.45, 2.75) is 6.36 Å². The summed E-state index contributed by atoms with van der Waals surface area (Å²) in [4.78, 5) is 8.37. The number of nitrogens with zero attached hydrogens (tertiary/aromatic N) is 3. The van der Waals surface area contributed by atoms with Crippen LogP contribution in [-0.4, -0.2) is 20.7 Å². The number of halogens is 5. The van der Waals surface area contributed by atoms with E-state index in [2.05, 4.69) is 20.0 Å². The van der Waals surface area contributed by atoms with Gasteiger partial charge in [-0.15, -0.1) is 13.2 Å². The van der Waals surface area contributed by atoms with Crippen LogP contribution in [0.4, 0.5) is 33.5 Å². The van der Waals surface area contributed by atoms with Crippen molar-refractivity contribution in [1.29, 1.82) is 0 Å². The molecular weight excluding hydrogens is 371 g/mol. The van der Waals surface area contributed by atoms with E-state index in [-0.39, 0.29) is 22.7 Å². The average Bonchev–Trinajstić information content (AvgIpc) is 3.06. The summed E-state index contributed by atoms with van der Waals surface area (Å²) in [7, 11) is 0. The summed E-state index contributed by atoms with van der Waals surface area (Å²) in [6.07, 6.45) is -2.02. The Morgan fingerprint density at radius 1 is 1.04 bits per heavy atom. The number of hydrogen-bond donors (Lipinski definition) is 1. The van der Waals surface area contributed by atoms with Crippen LogP contribution in [0.5, 0.6) is 5.75 Å². The van der Waals surface area contributed by atoms with Gasteiger partial charge in [-0.25, -0.2) is 18.7 Å². The predicted octanol–water partition coefficient (Wildman–Crippen LogP) is 4.80. The van der Waals surface area contributed by atoms with Gasteiger partial charge in [0.2, 0.25) is 0 Å². The molecule has 4 rings (SSSR count). The quantitative estimate of drug-likeness (QED) is 0.519. The molecule has 5 nitrogen and oxygen atoms in total. The van der Waals surface area contributed by atoms with Gasteiger partial charge in [0.15, 0.2) is 23.0 Å². The summed E-state index contributed by atoms with van der Waals surface area (Å²) in [5.74, 6) is -2.47. The van der Waals surface area contributed by atoms with Gasteiger partial charge in [0, 0.05) is 24.1 Å². The second-order valence-electron chi connectivity index (χ2n) is 5.51. The summed E-state index contributed by atoms with van der Waals surface area (Å²) in [5.41, 5.74) is 0.926. The summed E-state index contributed by atoms with van der Waals surface area (Å²) in [6, 6.07) is 7.23. The van der Waals surface area contributed by atoms with Crippen molar-refractivity contribution in [3.05, 3.63) is 60.4 Å². The smallest absolute Gasteiger partial charge is 0.403 e. The Bertz CT molecular complexity index is 1160. The normalized spacial score (nSPS) is 11.9. The van der Waals surface area contributed by atoms with Crippen LogP contribution in [0.1, 0.15) is 0 Å². The van der Waals surface area contributed by atoms with E-state index in [0.29, 0.717) is 5.52 Å². The molecule has 0 aliphatic carbocycles. The molecule has 4 aromatic rings. The lowest BCUT2D eigenvalue weighted by atomic mass is 10.2. The molecule has 27 heavy (non-hydrogen) atoms. The molecule has 0 fully saturated rings. The van der Waals surface area contributed by atoms with Crippen LogP contribution >= 0.6 is 0 Å². The van der Waals surface area contributed by atoms with Gasteiger partial charge in [-0.2, -0.15) is 0 Å². The number of aromatic nitrogens is 3. The fourth-order valence-corrected chi connectivity index (χ4v) is 2.67. The number of rotatable bonds is 3. The Morgan fingerprint density at radius 3 is 2.59 bits per heavy atom. The molecule has 0 amide bonds. The lowest BCUT2D eigenvalue weighted by Crippen LogP contribution is -2.18. The SMILES string of the molecule is Fc1cc(Nc2nc3cccc(F)c3n3ccnc23)ccc1OC(F)(F)F. The van der Waals surface area contributed by atoms with Gasteiger partial charge in [-0.05, 0) is 24.3 Å². The minimum atomic E-state index is -5.00. The predicted molar refractivity (Wildman–Crippen MR) is 86.8 cm³/mol. The van der Waals surface area contributed by atoms with Gasteiger partial charge in [0.25, 0.3) is 0 Å². The zero-order valence-corrected chi connectivity index (χ0v) is 13.3. The van der Waals surface area contributed by atoms with Gasteiger partial charge in [0.05, 0.1) is 5.52 Å². The first-order valence-corrected chi connectivity index (χ1v) is 7.55. The van der Waals surface area contributed by atoms with Crippen molar-refractivity contribution in [3.8, 4) is 5.75 Å². The Balaban J connectivity index is 1.75. The van der Waals surface area contributed by atoms with Crippen molar-refractivity contribution in [2.24, 2.45) is 0 Å². The number of para-hydroxylation sites is 1. The third-order valence-electron chi connectivity index (χ3n) is 3.71. The third-order valence-corrected chi connectivity index (χ3v) is 3.71. The Kier molecular flexibility index (Phi) is 3.83. The highest BCUT2D eigenvalue weighted by Crippen LogP contribution is 2.30. The number of ether oxygens (including phenoxy) is 1. The number of imidazole rings is 1. The highest BCUT2D eigenvalue weighted by molar-refractivity contribution is 5.84. The summed E-state index contributed by atoms with van der Waals surface area (Å²) in [5, 5.41) is 2.78. The fraction of sp³-hybridized carbons (Fsp3) is 0.0588. The number of hydrogen-bond acceptors (Lipinski definition) is 4. The van der Waals surface area contributed by atoms with E-state index in [4.69, 9.17) is 0 Å². The zero-order valence-electron chi connectivity index (χ0n) is 13.3. The summed E-state index contributed by atoms with van der Waals surface area (Å²) >= 11 is 0. The maximum atomic E-state index is 14.1. The average molecular weight is 380 g/mol. The van der Waals surface area contributed by atoms with Gasteiger partial charge < -0.3 is 10.1 Å².